The maximum absolute atomic E-state index is 9.87. The van der Waals surface area contributed by atoms with Crippen LogP contribution in [-0.2, 0) is 6.54 Å². The molecule has 0 spiro atoms. The van der Waals surface area contributed by atoms with Gasteiger partial charge in [-0.2, -0.15) is 5.10 Å². The van der Waals surface area contributed by atoms with E-state index in [-0.39, 0.29) is 5.41 Å². The Balaban J connectivity index is 2.20. The lowest BCUT2D eigenvalue weighted by Gasteiger charge is -2.29. The summed E-state index contributed by atoms with van der Waals surface area (Å²) >= 11 is 0. The normalized spacial score (nSPS) is 14.1. The third-order valence-corrected chi connectivity index (χ3v) is 2.68. The highest BCUT2D eigenvalue weighted by Gasteiger charge is 2.18. The molecule has 0 amide bonds. The average molecular weight is 254 g/mol. The monoisotopic (exact) mass is 254 g/mol. The molecule has 1 heterocycles. The van der Waals surface area contributed by atoms with Gasteiger partial charge in [-0.15, -0.1) is 0 Å². The molecule has 5 nitrogen and oxygen atoms in total. The first kappa shape index (κ1) is 15.1. The van der Waals surface area contributed by atoms with Crippen molar-refractivity contribution in [2.24, 2.45) is 5.41 Å². The summed E-state index contributed by atoms with van der Waals surface area (Å²) < 4.78 is 1.75. The average Bonchev–Trinajstić information content (AvgIpc) is 2.67. The largest absolute Gasteiger partial charge is 0.390 e. The van der Waals surface area contributed by atoms with Crippen LogP contribution in [0.4, 0.5) is 0 Å². The first-order chi connectivity index (χ1) is 8.39. The molecule has 0 bridgehead atoms. The van der Waals surface area contributed by atoms with E-state index in [2.05, 4.69) is 43.3 Å². The Bertz CT molecular complexity index is 322. The molecule has 104 valence electrons. The quantitative estimate of drug-likeness (QED) is 0.706. The molecular weight excluding hydrogens is 228 g/mol. The molecule has 1 unspecified atom stereocenters. The molecular formula is C13H26N4O. The van der Waals surface area contributed by atoms with E-state index in [1.54, 1.807) is 10.9 Å². The van der Waals surface area contributed by atoms with E-state index < -0.39 is 6.10 Å². The summed E-state index contributed by atoms with van der Waals surface area (Å²) in [6.45, 7) is 7.49. The molecule has 0 aliphatic carbocycles. The lowest BCUT2D eigenvalue weighted by molar-refractivity contribution is 0.139. The molecule has 1 atom stereocenters. The first-order valence-electron chi connectivity index (χ1n) is 6.40. The van der Waals surface area contributed by atoms with Gasteiger partial charge >= 0.3 is 0 Å². The Morgan fingerprint density at radius 3 is 2.72 bits per heavy atom. The SMILES string of the molecule is CN(C)CC(C)(C)CNCC(O)Cn1cccn1. The van der Waals surface area contributed by atoms with Gasteiger partial charge in [0.2, 0.25) is 0 Å². The third kappa shape index (κ3) is 6.14. The zero-order chi connectivity index (χ0) is 13.6. The van der Waals surface area contributed by atoms with Crippen LogP contribution >= 0.6 is 0 Å². The van der Waals surface area contributed by atoms with E-state index in [1.807, 2.05) is 12.3 Å². The Morgan fingerprint density at radius 2 is 2.17 bits per heavy atom. The third-order valence-electron chi connectivity index (χ3n) is 2.68. The Labute approximate surface area is 110 Å². The highest BCUT2D eigenvalue weighted by atomic mass is 16.3. The van der Waals surface area contributed by atoms with Crippen LogP contribution in [0, 0.1) is 5.41 Å². The van der Waals surface area contributed by atoms with Gasteiger partial charge in [0.1, 0.15) is 0 Å². The molecule has 0 saturated carbocycles. The van der Waals surface area contributed by atoms with Crippen LogP contribution in [0.15, 0.2) is 18.5 Å². The Kier molecular flexibility index (Phi) is 5.78. The summed E-state index contributed by atoms with van der Waals surface area (Å²) in [5, 5.41) is 17.3. The zero-order valence-corrected chi connectivity index (χ0v) is 11.9. The molecule has 0 aliphatic rings. The fourth-order valence-electron chi connectivity index (χ4n) is 2.18. The van der Waals surface area contributed by atoms with Gasteiger partial charge in [-0.05, 0) is 25.6 Å². The van der Waals surface area contributed by atoms with Crippen molar-refractivity contribution in [2.45, 2.75) is 26.5 Å². The van der Waals surface area contributed by atoms with Gasteiger partial charge < -0.3 is 15.3 Å². The summed E-state index contributed by atoms with van der Waals surface area (Å²) in [7, 11) is 4.16. The van der Waals surface area contributed by atoms with Crippen molar-refractivity contribution in [1.29, 1.82) is 0 Å². The fourth-order valence-corrected chi connectivity index (χ4v) is 2.18. The molecule has 18 heavy (non-hydrogen) atoms. The van der Waals surface area contributed by atoms with Crippen molar-refractivity contribution in [1.82, 2.24) is 20.0 Å². The second-order valence-corrected chi connectivity index (χ2v) is 5.91. The van der Waals surface area contributed by atoms with Crippen molar-refractivity contribution in [3.05, 3.63) is 18.5 Å². The number of aromatic nitrogens is 2. The smallest absolute Gasteiger partial charge is 0.0860 e. The van der Waals surface area contributed by atoms with Crippen LogP contribution in [-0.4, -0.2) is 59.6 Å². The summed E-state index contributed by atoms with van der Waals surface area (Å²) in [4.78, 5) is 2.18. The second-order valence-electron chi connectivity index (χ2n) is 5.91. The van der Waals surface area contributed by atoms with Crippen LogP contribution in [0.3, 0.4) is 0 Å². The number of rotatable bonds is 8. The number of nitrogens with one attached hydrogen (secondary N) is 1. The Morgan fingerprint density at radius 1 is 1.44 bits per heavy atom. The fraction of sp³-hybridized carbons (Fsp3) is 0.769. The maximum Gasteiger partial charge on any atom is 0.0860 e. The number of aliphatic hydroxyl groups is 1. The predicted molar refractivity (Wildman–Crippen MR) is 73.4 cm³/mol. The molecule has 0 saturated heterocycles. The van der Waals surface area contributed by atoms with Crippen LogP contribution in [0.5, 0.6) is 0 Å². The van der Waals surface area contributed by atoms with E-state index in [1.165, 1.54) is 0 Å². The van der Waals surface area contributed by atoms with Crippen LogP contribution in [0.2, 0.25) is 0 Å². The molecule has 1 aromatic rings. The van der Waals surface area contributed by atoms with Gasteiger partial charge in [0.15, 0.2) is 0 Å². The maximum atomic E-state index is 9.87. The molecule has 5 heteroatoms. The summed E-state index contributed by atoms with van der Waals surface area (Å²) in [6.07, 6.45) is 3.18. The van der Waals surface area contributed by atoms with Gasteiger partial charge in [-0.1, -0.05) is 13.8 Å². The van der Waals surface area contributed by atoms with Crippen molar-refractivity contribution < 1.29 is 5.11 Å². The molecule has 0 aromatic carbocycles. The van der Waals surface area contributed by atoms with E-state index in [0.29, 0.717) is 13.1 Å². The second kappa shape index (κ2) is 6.87. The van der Waals surface area contributed by atoms with Crippen LogP contribution < -0.4 is 5.32 Å². The van der Waals surface area contributed by atoms with Crippen molar-refractivity contribution in [3.8, 4) is 0 Å². The molecule has 0 fully saturated rings. The summed E-state index contributed by atoms with van der Waals surface area (Å²) in [5.41, 5.74) is 0.203. The summed E-state index contributed by atoms with van der Waals surface area (Å²) in [6, 6.07) is 1.86. The van der Waals surface area contributed by atoms with Gasteiger partial charge in [-0.3, -0.25) is 4.68 Å². The van der Waals surface area contributed by atoms with Crippen molar-refractivity contribution in [2.75, 3.05) is 33.7 Å². The molecule has 0 aliphatic heterocycles. The van der Waals surface area contributed by atoms with Crippen LogP contribution in [0.1, 0.15) is 13.8 Å². The number of aliphatic hydroxyl groups excluding tert-OH is 1. The predicted octanol–water partition coefficient (Wildman–Crippen LogP) is 0.421. The standard InChI is InChI=1S/C13H26N4O/c1-13(2,11-16(3)4)10-14-8-12(18)9-17-7-5-6-15-17/h5-7,12,14,18H,8-11H2,1-4H3. The van der Waals surface area contributed by atoms with E-state index in [9.17, 15) is 5.11 Å². The highest BCUT2D eigenvalue weighted by molar-refractivity contribution is 4.79. The molecule has 1 rings (SSSR count). The molecule has 0 radical (unpaired) electrons. The number of nitrogens with zero attached hydrogens (tertiary/aromatic N) is 3. The minimum absolute atomic E-state index is 0.203. The van der Waals surface area contributed by atoms with Gasteiger partial charge in [0, 0.05) is 32.0 Å². The van der Waals surface area contributed by atoms with E-state index >= 15 is 0 Å². The number of hydrogen-bond donors (Lipinski definition) is 2. The topological polar surface area (TPSA) is 53.3 Å². The van der Waals surface area contributed by atoms with Crippen molar-refractivity contribution in [3.63, 3.8) is 0 Å². The molecule has 1 aromatic heterocycles. The molecule has 2 N–H and O–H groups in total. The van der Waals surface area contributed by atoms with E-state index in [4.69, 9.17) is 0 Å². The summed E-state index contributed by atoms with van der Waals surface area (Å²) in [5.74, 6) is 0. The first-order valence-corrected chi connectivity index (χ1v) is 6.40. The van der Waals surface area contributed by atoms with Gasteiger partial charge in [-0.25, -0.2) is 0 Å². The zero-order valence-electron chi connectivity index (χ0n) is 11.9. The van der Waals surface area contributed by atoms with E-state index in [0.717, 1.165) is 13.1 Å². The van der Waals surface area contributed by atoms with Crippen molar-refractivity contribution >= 4 is 0 Å². The van der Waals surface area contributed by atoms with Gasteiger partial charge in [0.05, 0.1) is 12.6 Å². The minimum atomic E-state index is -0.403. The van der Waals surface area contributed by atoms with Gasteiger partial charge in [0.25, 0.3) is 0 Å². The van der Waals surface area contributed by atoms with Crippen LogP contribution in [0.25, 0.3) is 0 Å². The Hall–Kier alpha value is -0.910. The lowest BCUT2D eigenvalue weighted by atomic mass is 9.93. The number of hydrogen-bond acceptors (Lipinski definition) is 4. The minimum Gasteiger partial charge on any atom is -0.390 e. The lowest BCUT2D eigenvalue weighted by Crippen LogP contribution is -2.40. The highest BCUT2D eigenvalue weighted by Crippen LogP contribution is 2.13.